The number of nitrogens with zero attached hydrogens (tertiary/aromatic N) is 6. The number of nitriles is 1. The average Bonchev–Trinajstić information content (AvgIpc) is 3.72. The fourth-order valence-electron chi connectivity index (χ4n) is 7.70. The lowest BCUT2D eigenvalue weighted by atomic mass is 9.96. The number of benzene rings is 8. The lowest BCUT2D eigenvalue weighted by Gasteiger charge is -2.18. The molecule has 0 atom stereocenters. The Morgan fingerprint density at radius 3 is 1.49 bits per heavy atom. The van der Waals surface area contributed by atoms with Crippen molar-refractivity contribution in [3.05, 3.63) is 212 Å². The van der Waals surface area contributed by atoms with E-state index in [0.29, 0.717) is 23.0 Å². The van der Waals surface area contributed by atoms with Crippen LogP contribution in [0.2, 0.25) is 0 Å². The van der Waals surface area contributed by atoms with E-state index in [0.717, 1.165) is 72.6 Å². The summed E-state index contributed by atoms with van der Waals surface area (Å²) >= 11 is 0. The van der Waals surface area contributed by atoms with Gasteiger partial charge in [0.25, 0.3) is 0 Å². The molecule has 0 N–H and O–H groups in total. The normalized spacial score (nSPS) is 11.0. The first-order chi connectivity index (χ1) is 29.2. The Hall–Kier alpha value is -8.27. The molecule has 2 aromatic heterocycles. The molecule has 0 saturated heterocycles. The van der Waals surface area contributed by atoms with Gasteiger partial charge in [-0.1, -0.05) is 176 Å². The summed E-state index contributed by atoms with van der Waals surface area (Å²) in [4.78, 5) is 20.7. The van der Waals surface area contributed by atoms with E-state index in [4.69, 9.17) is 19.9 Å². The summed E-state index contributed by atoms with van der Waals surface area (Å²) in [5.41, 5.74) is 13.4. The van der Waals surface area contributed by atoms with Crippen molar-refractivity contribution in [2.24, 2.45) is 0 Å². The molecule has 0 aliphatic rings. The first-order valence-electron chi connectivity index (χ1n) is 19.5. The molecule has 276 valence electrons. The number of rotatable bonds is 8. The van der Waals surface area contributed by atoms with Gasteiger partial charge in [0.1, 0.15) is 5.82 Å². The van der Waals surface area contributed by atoms with Crippen molar-refractivity contribution in [1.82, 2.24) is 24.5 Å². The molecule has 0 unspecified atom stereocenters. The van der Waals surface area contributed by atoms with E-state index in [1.54, 1.807) is 0 Å². The summed E-state index contributed by atoms with van der Waals surface area (Å²) in [6, 6.07) is 72.1. The van der Waals surface area contributed by atoms with Gasteiger partial charge < -0.3 is 0 Å². The summed E-state index contributed by atoms with van der Waals surface area (Å²) in [6.45, 7) is 0. The van der Waals surface area contributed by atoms with E-state index < -0.39 is 0 Å². The summed E-state index contributed by atoms with van der Waals surface area (Å²) in [6.07, 6.45) is 0. The molecule has 10 aromatic rings. The second-order valence-corrected chi connectivity index (χ2v) is 14.2. The Balaban J connectivity index is 1.15. The van der Waals surface area contributed by atoms with E-state index in [2.05, 4.69) is 126 Å². The Morgan fingerprint density at radius 1 is 0.339 bits per heavy atom. The van der Waals surface area contributed by atoms with E-state index >= 15 is 0 Å². The van der Waals surface area contributed by atoms with Crippen molar-refractivity contribution in [3.8, 4) is 90.7 Å². The highest BCUT2D eigenvalue weighted by atomic mass is 15.1. The van der Waals surface area contributed by atoms with Crippen LogP contribution in [0.5, 0.6) is 0 Å². The van der Waals surface area contributed by atoms with Crippen LogP contribution < -0.4 is 0 Å². The van der Waals surface area contributed by atoms with Crippen LogP contribution in [0, 0.1) is 11.3 Å². The van der Waals surface area contributed by atoms with Crippen molar-refractivity contribution >= 4 is 11.0 Å². The molecule has 0 amide bonds. The minimum absolute atomic E-state index is 0.554. The molecule has 6 nitrogen and oxygen atoms in total. The Morgan fingerprint density at radius 2 is 0.814 bits per heavy atom. The summed E-state index contributed by atoms with van der Waals surface area (Å²) < 4.78 is 2.26. The van der Waals surface area contributed by atoms with Crippen LogP contribution in [-0.2, 0) is 0 Å². The van der Waals surface area contributed by atoms with Crippen LogP contribution in [0.3, 0.4) is 0 Å². The largest absolute Gasteiger partial charge is 0.292 e. The number of para-hydroxylation sites is 3. The van der Waals surface area contributed by atoms with Gasteiger partial charge in [-0.05, 0) is 58.1 Å². The van der Waals surface area contributed by atoms with Crippen LogP contribution in [0.25, 0.3) is 95.7 Å². The molecule has 0 fully saturated rings. The van der Waals surface area contributed by atoms with Gasteiger partial charge in [0.15, 0.2) is 17.5 Å². The highest BCUT2D eigenvalue weighted by Gasteiger charge is 2.22. The van der Waals surface area contributed by atoms with Crippen molar-refractivity contribution < 1.29 is 0 Å². The molecule has 0 saturated carbocycles. The summed E-state index contributed by atoms with van der Waals surface area (Å²) in [5, 5.41) is 9.46. The van der Waals surface area contributed by atoms with E-state index in [1.165, 1.54) is 5.56 Å². The minimum Gasteiger partial charge on any atom is -0.292 e. The van der Waals surface area contributed by atoms with Gasteiger partial charge in [-0.15, -0.1) is 0 Å². The molecule has 8 aromatic carbocycles. The average molecular weight is 755 g/mol. The fraction of sp³-hybridized carbons (Fsp3) is 0. The van der Waals surface area contributed by atoms with Crippen LogP contribution in [-0.4, -0.2) is 24.5 Å². The number of hydrogen-bond acceptors (Lipinski definition) is 5. The van der Waals surface area contributed by atoms with Gasteiger partial charge in [-0.2, -0.15) is 5.26 Å². The van der Waals surface area contributed by atoms with Gasteiger partial charge >= 0.3 is 0 Å². The van der Waals surface area contributed by atoms with Crippen LogP contribution in [0.1, 0.15) is 5.56 Å². The highest BCUT2D eigenvalue weighted by molar-refractivity contribution is 5.91. The molecule has 0 aliphatic heterocycles. The predicted molar refractivity (Wildman–Crippen MR) is 237 cm³/mol. The molecule has 2 heterocycles. The molecular weight excluding hydrogens is 721 g/mol. The monoisotopic (exact) mass is 754 g/mol. The molecule has 0 radical (unpaired) electrons. The van der Waals surface area contributed by atoms with Gasteiger partial charge in [0.05, 0.1) is 28.4 Å². The minimum atomic E-state index is 0.554. The lowest BCUT2D eigenvalue weighted by molar-refractivity contribution is 1.07. The quantitative estimate of drug-likeness (QED) is 0.154. The third-order valence-corrected chi connectivity index (χ3v) is 10.6. The highest BCUT2D eigenvalue weighted by Crippen LogP contribution is 2.40. The van der Waals surface area contributed by atoms with Gasteiger partial charge in [0.2, 0.25) is 0 Å². The zero-order chi connectivity index (χ0) is 39.5. The third-order valence-electron chi connectivity index (χ3n) is 10.6. The summed E-state index contributed by atoms with van der Waals surface area (Å²) in [7, 11) is 0. The summed E-state index contributed by atoms with van der Waals surface area (Å²) in [5.74, 6) is 2.54. The van der Waals surface area contributed by atoms with E-state index in [9.17, 15) is 5.26 Å². The SMILES string of the molecule is N#Cc1ccc(-c2ccccc2-c2nc(-c3ccccc3)nc(-c3ccccc3-c3ccccc3-n3c(-c4ccc(-c5ccccc5)cc4)nc4ccccc43)n2)cc1. The van der Waals surface area contributed by atoms with Crippen LogP contribution in [0.15, 0.2) is 206 Å². The Bertz CT molecular complexity index is 3150. The number of hydrogen-bond donors (Lipinski definition) is 0. The second kappa shape index (κ2) is 15.3. The zero-order valence-corrected chi connectivity index (χ0v) is 31.8. The first-order valence-corrected chi connectivity index (χ1v) is 19.5. The Labute approximate surface area is 342 Å². The topological polar surface area (TPSA) is 80.3 Å². The molecule has 10 rings (SSSR count). The molecular formula is C53H34N6. The lowest BCUT2D eigenvalue weighted by Crippen LogP contribution is -2.03. The smallest absolute Gasteiger partial charge is 0.164 e. The van der Waals surface area contributed by atoms with Crippen molar-refractivity contribution in [2.75, 3.05) is 0 Å². The molecule has 59 heavy (non-hydrogen) atoms. The maximum Gasteiger partial charge on any atom is 0.164 e. The van der Waals surface area contributed by atoms with E-state index in [-0.39, 0.29) is 0 Å². The number of aromatic nitrogens is 5. The third kappa shape index (κ3) is 6.73. The van der Waals surface area contributed by atoms with Crippen molar-refractivity contribution in [2.45, 2.75) is 0 Å². The Kier molecular flexibility index (Phi) is 9.14. The van der Waals surface area contributed by atoms with Gasteiger partial charge in [0, 0.05) is 27.8 Å². The molecule has 0 aliphatic carbocycles. The molecule has 0 bridgehead atoms. The number of fused-ring (bicyclic) bond motifs is 1. The zero-order valence-electron chi connectivity index (χ0n) is 31.8. The van der Waals surface area contributed by atoms with Crippen molar-refractivity contribution in [3.63, 3.8) is 0 Å². The van der Waals surface area contributed by atoms with Crippen LogP contribution >= 0.6 is 0 Å². The molecule has 6 heteroatoms. The van der Waals surface area contributed by atoms with Gasteiger partial charge in [-0.3, -0.25) is 4.57 Å². The van der Waals surface area contributed by atoms with E-state index in [1.807, 2.05) is 91.0 Å². The van der Waals surface area contributed by atoms with Gasteiger partial charge in [-0.25, -0.2) is 19.9 Å². The second-order valence-electron chi connectivity index (χ2n) is 14.2. The van der Waals surface area contributed by atoms with Crippen LogP contribution in [0.4, 0.5) is 0 Å². The standard InChI is InChI=1S/C53H34N6/c54-35-36-27-29-39(30-28-36)42-19-7-9-22-45(42)51-56-50(40-17-5-2-6-18-40)57-52(58-51)46-23-10-8-20-43(46)44-21-11-13-25-48(44)59-49-26-14-12-24-47(49)55-53(59)41-33-31-38(32-34-41)37-15-3-1-4-16-37/h1-34H. The number of imidazole rings is 1. The van der Waals surface area contributed by atoms with Crippen molar-refractivity contribution in [1.29, 1.82) is 5.26 Å². The maximum absolute atomic E-state index is 9.46. The maximum atomic E-state index is 9.46. The fourth-order valence-corrected chi connectivity index (χ4v) is 7.70. The first kappa shape index (κ1) is 35.2. The molecule has 0 spiro atoms. The predicted octanol–water partition coefficient (Wildman–Crippen LogP) is 12.8.